The number of rotatable bonds is 7. The number of benzene rings is 2. The summed E-state index contributed by atoms with van der Waals surface area (Å²) in [5.74, 6) is -0.228. The molecule has 1 atom stereocenters. The van der Waals surface area contributed by atoms with E-state index in [1.807, 2.05) is 61.5 Å². The summed E-state index contributed by atoms with van der Waals surface area (Å²) in [5.41, 5.74) is 2.75. The van der Waals surface area contributed by atoms with Gasteiger partial charge in [0.05, 0.1) is 6.61 Å². The molecule has 130 valence electrons. The fraction of sp³-hybridized carbons (Fsp3) is 0.238. The first-order chi connectivity index (χ1) is 12.1. The third-order valence-corrected chi connectivity index (χ3v) is 3.75. The van der Waals surface area contributed by atoms with Crippen molar-refractivity contribution in [2.75, 3.05) is 11.9 Å². The minimum absolute atomic E-state index is 0.0221. The van der Waals surface area contributed by atoms with Gasteiger partial charge in [-0.3, -0.25) is 4.79 Å². The fourth-order valence-electron chi connectivity index (χ4n) is 2.42. The van der Waals surface area contributed by atoms with E-state index in [0.717, 1.165) is 16.8 Å². The van der Waals surface area contributed by atoms with Crippen LogP contribution in [0, 0.1) is 0 Å². The van der Waals surface area contributed by atoms with E-state index < -0.39 is 0 Å². The van der Waals surface area contributed by atoms with Crippen molar-refractivity contribution in [2.45, 2.75) is 26.2 Å². The zero-order valence-corrected chi connectivity index (χ0v) is 14.6. The van der Waals surface area contributed by atoms with E-state index in [1.54, 1.807) is 13.0 Å². The van der Waals surface area contributed by atoms with Crippen LogP contribution in [0.4, 0.5) is 5.69 Å². The standard InChI is InChI=1S/C21H23NO3/c1-3-25-21(24)14-11-17-9-12-19(13-10-17)22-20(23)15-16(2)18-7-5-4-6-8-18/h4-14,16H,3,15H2,1-2H3,(H,22,23)/b14-11+. The highest BCUT2D eigenvalue weighted by molar-refractivity contribution is 5.91. The molecule has 1 N–H and O–H groups in total. The van der Waals surface area contributed by atoms with Crippen LogP contribution in [0.25, 0.3) is 6.08 Å². The van der Waals surface area contributed by atoms with Gasteiger partial charge in [-0.15, -0.1) is 0 Å². The number of esters is 1. The van der Waals surface area contributed by atoms with Crippen LogP contribution in [0.1, 0.15) is 37.3 Å². The molecule has 0 spiro atoms. The predicted molar refractivity (Wildman–Crippen MR) is 100 cm³/mol. The molecule has 25 heavy (non-hydrogen) atoms. The number of nitrogens with one attached hydrogen (secondary N) is 1. The second-order valence-electron chi connectivity index (χ2n) is 5.77. The summed E-state index contributed by atoms with van der Waals surface area (Å²) in [6.07, 6.45) is 3.49. The second kappa shape index (κ2) is 9.42. The van der Waals surface area contributed by atoms with E-state index >= 15 is 0 Å². The van der Waals surface area contributed by atoms with Gasteiger partial charge in [0.2, 0.25) is 5.91 Å². The first-order valence-corrected chi connectivity index (χ1v) is 8.38. The molecule has 4 nitrogen and oxygen atoms in total. The lowest BCUT2D eigenvalue weighted by Gasteiger charge is -2.12. The van der Waals surface area contributed by atoms with E-state index in [1.165, 1.54) is 6.08 Å². The molecule has 0 saturated carbocycles. The lowest BCUT2D eigenvalue weighted by atomic mass is 9.97. The van der Waals surface area contributed by atoms with Crippen molar-refractivity contribution in [3.05, 3.63) is 71.8 Å². The number of ether oxygens (including phenoxy) is 1. The summed E-state index contributed by atoms with van der Waals surface area (Å²) in [6.45, 7) is 4.16. The maximum absolute atomic E-state index is 12.2. The topological polar surface area (TPSA) is 55.4 Å². The molecule has 0 heterocycles. The number of carbonyl (C=O) groups excluding carboxylic acids is 2. The van der Waals surface area contributed by atoms with Crippen LogP contribution in [-0.2, 0) is 14.3 Å². The number of hydrogen-bond donors (Lipinski definition) is 1. The smallest absolute Gasteiger partial charge is 0.330 e. The molecular weight excluding hydrogens is 314 g/mol. The number of hydrogen-bond acceptors (Lipinski definition) is 3. The lowest BCUT2D eigenvalue weighted by Crippen LogP contribution is -2.14. The molecule has 0 saturated heterocycles. The molecule has 2 aromatic rings. The molecule has 0 aliphatic carbocycles. The Bertz CT molecular complexity index is 721. The van der Waals surface area contributed by atoms with E-state index in [0.29, 0.717) is 13.0 Å². The Kier molecular flexibility index (Phi) is 6.96. The van der Waals surface area contributed by atoms with Gasteiger partial charge in [-0.25, -0.2) is 4.79 Å². The van der Waals surface area contributed by atoms with Crippen molar-refractivity contribution in [1.82, 2.24) is 0 Å². The molecule has 0 aliphatic rings. The van der Waals surface area contributed by atoms with Crippen molar-refractivity contribution >= 4 is 23.6 Å². The first kappa shape index (κ1) is 18.5. The number of carbonyl (C=O) groups is 2. The minimum atomic E-state index is -0.366. The Morgan fingerprint density at radius 2 is 1.76 bits per heavy atom. The van der Waals surface area contributed by atoms with Gasteiger partial charge in [0.1, 0.15) is 0 Å². The normalized spacial score (nSPS) is 11.9. The monoisotopic (exact) mass is 337 g/mol. The van der Waals surface area contributed by atoms with Crippen LogP contribution in [0.2, 0.25) is 0 Å². The van der Waals surface area contributed by atoms with Gasteiger partial charge in [-0.05, 0) is 42.2 Å². The van der Waals surface area contributed by atoms with E-state index in [4.69, 9.17) is 4.74 Å². The minimum Gasteiger partial charge on any atom is -0.463 e. The summed E-state index contributed by atoms with van der Waals surface area (Å²) in [6, 6.07) is 17.3. The van der Waals surface area contributed by atoms with Crippen molar-refractivity contribution in [3.63, 3.8) is 0 Å². The van der Waals surface area contributed by atoms with Crippen molar-refractivity contribution in [2.24, 2.45) is 0 Å². The van der Waals surface area contributed by atoms with E-state index in [9.17, 15) is 9.59 Å². The average Bonchev–Trinajstić information content (AvgIpc) is 2.62. The van der Waals surface area contributed by atoms with Crippen molar-refractivity contribution < 1.29 is 14.3 Å². The number of amides is 1. The molecule has 4 heteroatoms. The number of anilines is 1. The molecular formula is C21H23NO3. The quantitative estimate of drug-likeness (QED) is 0.602. The molecule has 0 aliphatic heterocycles. The zero-order valence-electron chi connectivity index (χ0n) is 14.6. The predicted octanol–water partition coefficient (Wildman–Crippen LogP) is 4.40. The molecule has 0 aromatic heterocycles. The molecule has 0 fully saturated rings. The summed E-state index contributed by atoms with van der Waals surface area (Å²) in [5, 5.41) is 2.90. The van der Waals surface area contributed by atoms with Gasteiger partial charge in [-0.2, -0.15) is 0 Å². The Labute approximate surface area is 148 Å². The van der Waals surface area contributed by atoms with Gasteiger partial charge < -0.3 is 10.1 Å². The van der Waals surface area contributed by atoms with Gasteiger partial charge in [0.25, 0.3) is 0 Å². The van der Waals surface area contributed by atoms with Gasteiger partial charge in [0.15, 0.2) is 0 Å². The highest BCUT2D eigenvalue weighted by atomic mass is 16.5. The van der Waals surface area contributed by atoms with E-state index in [-0.39, 0.29) is 17.8 Å². The maximum atomic E-state index is 12.2. The third-order valence-electron chi connectivity index (χ3n) is 3.75. The average molecular weight is 337 g/mol. The van der Waals surface area contributed by atoms with E-state index in [2.05, 4.69) is 5.32 Å². The summed E-state index contributed by atoms with van der Waals surface area (Å²) in [7, 11) is 0. The molecule has 2 rings (SSSR count). The van der Waals surface area contributed by atoms with Crippen LogP contribution in [0.15, 0.2) is 60.7 Å². The Morgan fingerprint density at radius 1 is 1.08 bits per heavy atom. The zero-order chi connectivity index (χ0) is 18.1. The SMILES string of the molecule is CCOC(=O)/C=C/c1ccc(NC(=O)CC(C)c2ccccc2)cc1. The second-order valence-corrected chi connectivity index (χ2v) is 5.77. The largest absolute Gasteiger partial charge is 0.463 e. The third kappa shape index (κ3) is 6.26. The highest BCUT2D eigenvalue weighted by Crippen LogP contribution is 2.19. The van der Waals surface area contributed by atoms with Crippen LogP contribution >= 0.6 is 0 Å². The lowest BCUT2D eigenvalue weighted by molar-refractivity contribution is -0.137. The molecule has 1 amide bonds. The first-order valence-electron chi connectivity index (χ1n) is 8.38. The summed E-state index contributed by atoms with van der Waals surface area (Å²) >= 11 is 0. The van der Waals surface area contributed by atoms with Crippen LogP contribution in [-0.4, -0.2) is 18.5 Å². The van der Waals surface area contributed by atoms with Crippen molar-refractivity contribution in [3.8, 4) is 0 Å². The Hall–Kier alpha value is -2.88. The van der Waals surface area contributed by atoms with Crippen LogP contribution in [0.5, 0.6) is 0 Å². The Balaban J connectivity index is 1.88. The van der Waals surface area contributed by atoms with Gasteiger partial charge in [-0.1, -0.05) is 49.4 Å². The molecule has 0 radical (unpaired) electrons. The highest BCUT2D eigenvalue weighted by Gasteiger charge is 2.11. The maximum Gasteiger partial charge on any atom is 0.330 e. The van der Waals surface area contributed by atoms with Crippen molar-refractivity contribution in [1.29, 1.82) is 0 Å². The summed E-state index contributed by atoms with van der Waals surface area (Å²) < 4.78 is 4.83. The van der Waals surface area contributed by atoms with Crippen LogP contribution < -0.4 is 5.32 Å². The van der Waals surface area contributed by atoms with Gasteiger partial charge >= 0.3 is 5.97 Å². The molecule has 1 unspecified atom stereocenters. The van der Waals surface area contributed by atoms with Crippen LogP contribution in [0.3, 0.4) is 0 Å². The fourth-order valence-corrected chi connectivity index (χ4v) is 2.42. The Morgan fingerprint density at radius 3 is 2.40 bits per heavy atom. The summed E-state index contributed by atoms with van der Waals surface area (Å²) in [4.78, 5) is 23.5. The molecule has 2 aromatic carbocycles. The molecule has 0 bridgehead atoms. The van der Waals surface area contributed by atoms with Gasteiger partial charge in [0, 0.05) is 18.2 Å².